The van der Waals surface area contributed by atoms with Gasteiger partial charge in [-0.05, 0) is 42.8 Å². The van der Waals surface area contributed by atoms with Gasteiger partial charge in [-0.2, -0.15) is 4.57 Å². The van der Waals surface area contributed by atoms with Crippen LogP contribution in [0.2, 0.25) is 0 Å². The third-order valence-corrected chi connectivity index (χ3v) is 5.39. The van der Waals surface area contributed by atoms with Gasteiger partial charge in [0, 0.05) is 34.2 Å². The van der Waals surface area contributed by atoms with Crippen LogP contribution in [0.15, 0.2) is 42.7 Å². The molecule has 2 heterocycles. The van der Waals surface area contributed by atoms with Crippen LogP contribution >= 0.6 is 0 Å². The number of hydrogen-bond donors (Lipinski definition) is 1. The first-order valence-corrected chi connectivity index (χ1v) is 9.58. The molecule has 0 spiro atoms. The van der Waals surface area contributed by atoms with Crippen LogP contribution in [0, 0.1) is 13.8 Å². The molecule has 1 N–H and O–H groups in total. The summed E-state index contributed by atoms with van der Waals surface area (Å²) in [6, 6.07) is 10.5. The number of hydrogen-bond acceptors (Lipinski definition) is 2. The SMILES string of the molecule is CCCCC(=O)OC[n+]1ccc2c(C)c3[nH]c4ccccc4c3c(C)c2c1.[I-]. The van der Waals surface area contributed by atoms with E-state index in [4.69, 9.17) is 4.74 Å². The van der Waals surface area contributed by atoms with Gasteiger partial charge in [-0.3, -0.25) is 4.79 Å². The van der Waals surface area contributed by atoms with Crippen LogP contribution in [0.1, 0.15) is 37.3 Å². The predicted octanol–water partition coefficient (Wildman–Crippen LogP) is 2.07. The van der Waals surface area contributed by atoms with Crippen molar-refractivity contribution in [2.24, 2.45) is 0 Å². The molecule has 0 atom stereocenters. The second kappa shape index (κ2) is 8.47. The number of carbonyl (C=O) groups excluding carboxylic acids is 1. The second-order valence-electron chi connectivity index (χ2n) is 7.21. The number of para-hydroxylation sites is 1. The summed E-state index contributed by atoms with van der Waals surface area (Å²) in [5.41, 5.74) is 4.85. The topological polar surface area (TPSA) is 46.0 Å². The standard InChI is InChI=1S/C23H24N2O2.HI/c1-4-5-10-21(26)27-14-25-12-11-17-16(3)23-22(15(2)19(17)13-25)18-8-6-7-9-20(18)24-23;/h6-9,11-13H,4-5,10,14H2,1-3H3;1H. The Bertz CT molecular complexity index is 1160. The van der Waals surface area contributed by atoms with Gasteiger partial charge in [0.15, 0.2) is 12.4 Å². The maximum absolute atomic E-state index is 11.8. The number of rotatable bonds is 5. The zero-order valence-electron chi connectivity index (χ0n) is 16.5. The van der Waals surface area contributed by atoms with E-state index in [2.05, 4.69) is 62.3 Å². The third-order valence-electron chi connectivity index (χ3n) is 5.39. The highest BCUT2D eigenvalue weighted by atomic mass is 127. The third kappa shape index (κ3) is 3.60. The smallest absolute Gasteiger partial charge is 0.310 e. The Morgan fingerprint density at radius 1 is 1.07 bits per heavy atom. The van der Waals surface area contributed by atoms with Crippen LogP contribution in [-0.4, -0.2) is 11.0 Å². The number of esters is 1. The fourth-order valence-electron chi connectivity index (χ4n) is 3.87. The van der Waals surface area contributed by atoms with E-state index in [0.717, 1.165) is 18.4 Å². The molecular formula is C23H25IN2O2. The lowest BCUT2D eigenvalue weighted by Gasteiger charge is -2.08. The van der Waals surface area contributed by atoms with Crippen LogP contribution in [0.3, 0.4) is 0 Å². The lowest BCUT2D eigenvalue weighted by molar-refractivity contribution is -0.726. The van der Waals surface area contributed by atoms with Crippen LogP contribution in [-0.2, 0) is 16.3 Å². The molecule has 0 aliphatic heterocycles. The zero-order valence-corrected chi connectivity index (χ0v) is 18.7. The summed E-state index contributed by atoms with van der Waals surface area (Å²) < 4.78 is 7.35. The molecule has 5 heteroatoms. The molecular weight excluding hydrogens is 463 g/mol. The largest absolute Gasteiger partial charge is 1.00 e. The number of fused-ring (bicyclic) bond motifs is 4. The van der Waals surface area contributed by atoms with E-state index < -0.39 is 0 Å². The van der Waals surface area contributed by atoms with Gasteiger partial charge >= 0.3 is 5.97 Å². The number of aryl methyl sites for hydroxylation is 2. The Morgan fingerprint density at radius 2 is 1.86 bits per heavy atom. The Morgan fingerprint density at radius 3 is 2.64 bits per heavy atom. The van der Waals surface area contributed by atoms with Crippen molar-refractivity contribution in [3.05, 3.63) is 53.9 Å². The summed E-state index contributed by atoms with van der Waals surface area (Å²) in [4.78, 5) is 15.4. The normalized spacial score (nSPS) is 11.1. The minimum absolute atomic E-state index is 0. The molecule has 0 amide bonds. The molecule has 4 nitrogen and oxygen atoms in total. The van der Waals surface area contributed by atoms with Crippen LogP contribution in [0.25, 0.3) is 32.6 Å². The van der Waals surface area contributed by atoms with Crippen molar-refractivity contribution in [1.82, 2.24) is 4.98 Å². The quantitative estimate of drug-likeness (QED) is 0.266. The summed E-state index contributed by atoms with van der Waals surface area (Å²) >= 11 is 0. The molecule has 4 aromatic rings. The van der Waals surface area contributed by atoms with Gasteiger partial charge in [0.05, 0.1) is 5.52 Å². The number of nitrogens with zero attached hydrogens (tertiary/aromatic N) is 1. The number of H-pyrrole nitrogens is 1. The Hall–Kier alpha value is -2.15. The zero-order chi connectivity index (χ0) is 19.0. The number of pyridine rings is 1. The highest BCUT2D eigenvalue weighted by Crippen LogP contribution is 2.35. The van der Waals surface area contributed by atoms with E-state index in [0.29, 0.717) is 6.42 Å². The van der Waals surface area contributed by atoms with Crippen LogP contribution in [0.4, 0.5) is 0 Å². The van der Waals surface area contributed by atoms with E-state index in [-0.39, 0.29) is 36.7 Å². The van der Waals surface area contributed by atoms with Gasteiger partial charge in [0.1, 0.15) is 0 Å². The van der Waals surface area contributed by atoms with E-state index in [1.54, 1.807) is 0 Å². The summed E-state index contributed by atoms with van der Waals surface area (Å²) in [6.45, 7) is 6.65. The number of unbranched alkanes of at least 4 members (excludes halogenated alkanes) is 1. The van der Waals surface area contributed by atoms with Gasteiger partial charge in [-0.25, -0.2) is 0 Å². The minimum Gasteiger partial charge on any atom is -1.00 e. The number of ether oxygens (including phenoxy) is 1. The average molecular weight is 488 g/mol. The number of benzene rings is 2. The number of halogens is 1. The molecule has 0 fully saturated rings. The second-order valence-corrected chi connectivity index (χ2v) is 7.21. The Labute approximate surface area is 181 Å². The first-order valence-electron chi connectivity index (χ1n) is 9.58. The first-order chi connectivity index (χ1) is 13.1. The lowest BCUT2D eigenvalue weighted by Crippen LogP contribution is -3.00. The molecule has 0 saturated heterocycles. The van der Waals surface area contributed by atoms with Crippen molar-refractivity contribution in [2.45, 2.75) is 46.8 Å². The van der Waals surface area contributed by atoms with Crippen molar-refractivity contribution >= 4 is 38.5 Å². The van der Waals surface area contributed by atoms with Gasteiger partial charge < -0.3 is 33.7 Å². The highest BCUT2D eigenvalue weighted by Gasteiger charge is 2.16. The van der Waals surface area contributed by atoms with Crippen molar-refractivity contribution in [1.29, 1.82) is 0 Å². The number of aromatic amines is 1. The maximum Gasteiger partial charge on any atom is 0.310 e. The van der Waals surface area contributed by atoms with Gasteiger partial charge in [0.25, 0.3) is 6.73 Å². The summed E-state index contributed by atoms with van der Waals surface area (Å²) in [7, 11) is 0. The van der Waals surface area contributed by atoms with Gasteiger partial charge in [0.2, 0.25) is 0 Å². The number of aromatic nitrogens is 2. The number of nitrogens with one attached hydrogen (secondary N) is 1. The molecule has 146 valence electrons. The van der Waals surface area contributed by atoms with Crippen molar-refractivity contribution in [2.75, 3.05) is 0 Å². The van der Waals surface area contributed by atoms with E-state index in [1.165, 1.54) is 38.2 Å². The van der Waals surface area contributed by atoms with E-state index in [9.17, 15) is 4.79 Å². The van der Waals surface area contributed by atoms with Crippen LogP contribution in [0.5, 0.6) is 0 Å². The summed E-state index contributed by atoms with van der Waals surface area (Å²) in [6.07, 6.45) is 6.43. The van der Waals surface area contributed by atoms with Gasteiger partial charge in [-0.1, -0.05) is 31.5 Å². The molecule has 2 aromatic heterocycles. The fourth-order valence-corrected chi connectivity index (χ4v) is 3.87. The Kier molecular flexibility index (Phi) is 6.23. The average Bonchev–Trinajstić information content (AvgIpc) is 3.08. The number of carbonyl (C=O) groups is 1. The molecule has 0 aliphatic carbocycles. The predicted molar refractivity (Wildman–Crippen MR) is 109 cm³/mol. The Balaban J connectivity index is 0.00000225. The molecule has 0 aliphatic rings. The van der Waals surface area contributed by atoms with Crippen molar-refractivity contribution in [3.63, 3.8) is 0 Å². The fraction of sp³-hybridized carbons (Fsp3) is 0.304. The summed E-state index contributed by atoms with van der Waals surface area (Å²) in [5.74, 6) is -0.135. The van der Waals surface area contributed by atoms with Crippen molar-refractivity contribution < 1.29 is 38.1 Å². The minimum atomic E-state index is -0.135. The molecule has 0 unspecified atom stereocenters. The first kappa shape index (κ1) is 20.6. The van der Waals surface area contributed by atoms with E-state index >= 15 is 0 Å². The van der Waals surface area contributed by atoms with Crippen LogP contribution < -0.4 is 28.5 Å². The van der Waals surface area contributed by atoms with Gasteiger partial charge in [-0.15, -0.1) is 0 Å². The molecule has 4 rings (SSSR count). The molecule has 0 bridgehead atoms. The highest BCUT2D eigenvalue weighted by molar-refractivity contribution is 6.16. The van der Waals surface area contributed by atoms with E-state index in [1.807, 2.05) is 10.8 Å². The van der Waals surface area contributed by atoms with Crippen molar-refractivity contribution in [3.8, 4) is 0 Å². The molecule has 2 aromatic carbocycles. The lowest BCUT2D eigenvalue weighted by atomic mass is 9.97. The monoisotopic (exact) mass is 488 g/mol. The summed E-state index contributed by atoms with van der Waals surface area (Å²) in [5, 5.41) is 4.93. The molecule has 0 saturated carbocycles. The maximum atomic E-state index is 11.8. The molecule has 28 heavy (non-hydrogen) atoms. The molecule has 0 radical (unpaired) electrons.